The average Bonchev–Trinajstić information content (AvgIpc) is 3.24. The second-order valence-corrected chi connectivity index (χ2v) is 6.25. The summed E-state index contributed by atoms with van der Waals surface area (Å²) in [4.78, 5) is 23.1. The quantitative estimate of drug-likeness (QED) is 0.947. The van der Waals surface area contributed by atoms with E-state index < -0.39 is 0 Å². The summed E-state index contributed by atoms with van der Waals surface area (Å²) in [7, 11) is 0. The van der Waals surface area contributed by atoms with Crippen LogP contribution in [0.4, 0.5) is 11.5 Å². The number of hydrogen-bond donors (Lipinski definition) is 1. The lowest BCUT2D eigenvalue weighted by atomic mass is 10.2. The number of para-hydroxylation sites is 1. The van der Waals surface area contributed by atoms with Crippen LogP contribution in [-0.2, 0) is 6.42 Å². The number of hydrogen-bond acceptors (Lipinski definition) is 4. The molecule has 1 aliphatic carbocycles. The van der Waals surface area contributed by atoms with Crippen molar-refractivity contribution in [2.45, 2.75) is 38.1 Å². The van der Waals surface area contributed by atoms with Crippen molar-refractivity contribution in [3.63, 3.8) is 0 Å². The van der Waals surface area contributed by atoms with Crippen molar-refractivity contribution in [1.29, 1.82) is 0 Å². The van der Waals surface area contributed by atoms with Gasteiger partial charge in [0.25, 0.3) is 5.91 Å². The second kappa shape index (κ2) is 5.99. The number of nitrogens with one attached hydrogen (secondary N) is 1. The van der Waals surface area contributed by atoms with Crippen LogP contribution in [0.25, 0.3) is 0 Å². The molecular formula is C18H20N4O. The van der Waals surface area contributed by atoms with Gasteiger partial charge in [0.2, 0.25) is 0 Å². The van der Waals surface area contributed by atoms with Crippen molar-refractivity contribution in [2.75, 3.05) is 16.8 Å². The minimum Gasteiger partial charge on any atom is -0.367 e. The highest BCUT2D eigenvalue weighted by atomic mass is 16.2. The molecule has 1 N–H and O–H groups in total. The monoisotopic (exact) mass is 308 g/mol. The number of carbonyl (C=O) groups excluding carboxylic acids is 1. The SMILES string of the molecule is O=C(c1cc(NC2CCCC2)ncn1)N1CCc2ccccc21. The molecule has 1 aromatic carbocycles. The molecule has 0 spiro atoms. The lowest BCUT2D eigenvalue weighted by Crippen LogP contribution is -2.30. The van der Waals surface area contributed by atoms with Gasteiger partial charge in [0.05, 0.1) is 0 Å². The molecular weight excluding hydrogens is 288 g/mol. The predicted molar refractivity (Wildman–Crippen MR) is 89.7 cm³/mol. The second-order valence-electron chi connectivity index (χ2n) is 6.25. The predicted octanol–water partition coefficient (Wildman–Crippen LogP) is 3.03. The van der Waals surface area contributed by atoms with Crippen molar-refractivity contribution in [2.24, 2.45) is 0 Å². The lowest BCUT2D eigenvalue weighted by molar-refractivity contribution is 0.0984. The molecule has 0 radical (unpaired) electrons. The molecule has 1 fully saturated rings. The van der Waals surface area contributed by atoms with E-state index in [4.69, 9.17) is 0 Å². The fourth-order valence-corrected chi connectivity index (χ4v) is 3.52. The van der Waals surface area contributed by atoms with Crippen LogP contribution in [0.1, 0.15) is 41.7 Å². The molecule has 1 aromatic heterocycles. The van der Waals surface area contributed by atoms with Gasteiger partial charge < -0.3 is 10.2 Å². The number of anilines is 2. The Morgan fingerprint density at radius 3 is 2.87 bits per heavy atom. The molecule has 0 bridgehead atoms. The number of rotatable bonds is 3. The zero-order chi connectivity index (χ0) is 15.6. The molecule has 0 atom stereocenters. The van der Waals surface area contributed by atoms with Crippen molar-refractivity contribution < 1.29 is 4.79 Å². The standard InChI is InChI=1S/C18H20N4O/c23-18(22-10-9-13-5-1-4-8-16(13)22)15-11-17(20-12-19-15)21-14-6-2-3-7-14/h1,4-5,8,11-12,14H,2-3,6-7,9-10H2,(H,19,20,21). The topological polar surface area (TPSA) is 58.1 Å². The number of nitrogens with zero attached hydrogens (tertiary/aromatic N) is 3. The molecule has 0 saturated heterocycles. The van der Waals surface area contributed by atoms with Crippen LogP contribution < -0.4 is 10.2 Å². The maximum atomic E-state index is 12.8. The smallest absolute Gasteiger partial charge is 0.277 e. The minimum atomic E-state index is -0.0492. The van der Waals surface area contributed by atoms with Gasteiger partial charge in [-0.25, -0.2) is 9.97 Å². The third kappa shape index (κ3) is 2.79. The summed E-state index contributed by atoms with van der Waals surface area (Å²) in [6, 6.07) is 10.3. The van der Waals surface area contributed by atoms with E-state index in [1.807, 2.05) is 23.1 Å². The van der Waals surface area contributed by atoms with Gasteiger partial charge >= 0.3 is 0 Å². The van der Waals surface area contributed by atoms with E-state index in [2.05, 4.69) is 21.4 Å². The Bertz CT molecular complexity index is 724. The molecule has 2 heterocycles. The van der Waals surface area contributed by atoms with Gasteiger partial charge in [-0.15, -0.1) is 0 Å². The number of aromatic nitrogens is 2. The number of benzene rings is 1. The van der Waals surface area contributed by atoms with Crippen LogP contribution in [0, 0.1) is 0 Å². The van der Waals surface area contributed by atoms with Crippen molar-refractivity contribution in [3.05, 3.63) is 47.9 Å². The highest BCUT2D eigenvalue weighted by molar-refractivity contribution is 6.06. The molecule has 4 rings (SSSR count). The zero-order valence-electron chi connectivity index (χ0n) is 13.0. The van der Waals surface area contributed by atoms with Gasteiger partial charge in [0.15, 0.2) is 0 Å². The average molecular weight is 308 g/mol. The lowest BCUT2D eigenvalue weighted by Gasteiger charge is -2.17. The molecule has 118 valence electrons. The first-order valence-electron chi connectivity index (χ1n) is 8.29. The van der Waals surface area contributed by atoms with Crippen molar-refractivity contribution >= 4 is 17.4 Å². The Labute approximate surface area is 135 Å². The third-order valence-electron chi connectivity index (χ3n) is 4.73. The van der Waals surface area contributed by atoms with Gasteiger partial charge in [0, 0.05) is 24.3 Å². The summed E-state index contributed by atoms with van der Waals surface area (Å²) >= 11 is 0. The minimum absolute atomic E-state index is 0.0492. The van der Waals surface area contributed by atoms with E-state index in [0.717, 1.165) is 17.9 Å². The van der Waals surface area contributed by atoms with Crippen LogP contribution in [0.15, 0.2) is 36.7 Å². The third-order valence-corrected chi connectivity index (χ3v) is 4.73. The first kappa shape index (κ1) is 14.2. The van der Waals surface area contributed by atoms with Crippen molar-refractivity contribution in [1.82, 2.24) is 9.97 Å². The Morgan fingerprint density at radius 1 is 1.17 bits per heavy atom. The maximum Gasteiger partial charge on any atom is 0.277 e. The van der Waals surface area contributed by atoms with Crippen molar-refractivity contribution in [3.8, 4) is 0 Å². The van der Waals surface area contributed by atoms with Crippen LogP contribution in [-0.4, -0.2) is 28.5 Å². The molecule has 23 heavy (non-hydrogen) atoms. The van der Waals surface area contributed by atoms with Crippen LogP contribution in [0.2, 0.25) is 0 Å². The normalized spacial score (nSPS) is 17.3. The summed E-state index contributed by atoms with van der Waals surface area (Å²) in [5, 5.41) is 3.42. The Balaban J connectivity index is 1.55. The molecule has 1 aliphatic heterocycles. The number of amides is 1. The molecule has 5 nitrogen and oxygen atoms in total. The van der Waals surface area contributed by atoms with E-state index >= 15 is 0 Å². The van der Waals surface area contributed by atoms with Gasteiger partial charge in [-0.1, -0.05) is 31.0 Å². The molecule has 1 amide bonds. The van der Waals surface area contributed by atoms with E-state index in [1.54, 1.807) is 6.07 Å². The molecule has 2 aromatic rings. The van der Waals surface area contributed by atoms with Gasteiger partial charge in [0.1, 0.15) is 17.8 Å². The zero-order valence-corrected chi connectivity index (χ0v) is 13.0. The first-order chi connectivity index (χ1) is 11.3. The molecule has 2 aliphatic rings. The summed E-state index contributed by atoms with van der Waals surface area (Å²) < 4.78 is 0. The highest BCUT2D eigenvalue weighted by Gasteiger charge is 2.26. The Kier molecular flexibility index (Phi) is 3.69. The van der Waals surface area contributed by atoms with Crippen LogP contribution in [0.3, 0.4) is 0 Å². The molecule has 0 unspecified atom stereocenters. The van der Waals surface area contributed by atoms with Gasteiger partial charge in [-0.3, -0.25) is 4.79 Å². The summed E-state index contributed by atoms with van der Waals surface area (Å²) in [5.41, 5.74) is 2.68. The summed E-state index contributed by atoms with van der Waals surface area (Å²) in [6.07, 6.45) is 7.25. The largest absolute Gasteiger partial charge is 0.367 e. The summed E-state index contributed by atoms with van der Waals surface area (Å²) in [6.45, 7) is 0.716. The number of fused-ring (bicyclic) bond motifs is 1. The van der Waals surface area contributed by atoms with E-state index in [1.165, 1.54) is 37.6 Å². The van der Waals surface area contributed by atoms with Crippen LogP contribution >= 0.6 is 0 Å². The summed E-state index contributed by atoms with van der Waals surface area (Å²) in [5.74, 6) is 0.703. The Morgan fingerprint density at radius 2 is 2.00 bits per heavy atom. The Hall–Kier alpha value is -2.43. The first-order valence-corrected chi connectivity index (χ1v) is 8.29. The van der Waals surface area contributed by atoms with Gasteiger partial charge in [-0.2, -0.15) is 0 Å². The molecule has 5 heteroatoms. The number of carbonyl (C=O) groups is 1. The van der Waals surface area contributed by atoms with Gasteiger partial charge in [-0.05, 0) is 30.9 Å². The van der Waals surface area contributed by atoms with E-state index in [-0.39, 0.29) is 5.91 Å². The highest BCUT2D eigenvalue weighted by Crippen LogP contribution is 2.29. The fraction of sp³-hybridized carbons (Fsp3) is 0.389. The fourth-order valence-electron chi connectivity index (χ4n) is 3.52. The molecule has 1 saturated carbocycles. The van der Waals surface area contributed by atoms with E-state index in [0.29, 0.717) is 18.3 Å². The van der Waals surface area contributed by atoms with E-state index in [9.17, 15) is 4.79 Å². The van der Waals surface area contributed by atoms with Crippen LogP contribution in [0.5, 0.6) is 0 Å². The maximum absolute atomic E-state index is 12.8.